The highest BCUT2D eigenvalue weighted by Gasteiger charge is 2.31. The predicted octanol–water partition coefficient (Wildman–Crippen LogP) is 2.65. The Labute approximate surface area is 139 Å². The van der Waals surface area contributed by atoms with Crippen LogP contribution in [0.2, 0.25) is 0 Å². The zero-order chi connectivity index (χ0) is 16.5. The van der Waals surface area contributed by atoms with Crippen LogP contribution in [-0.2, 0) is 6.42 Å². The number of rotatable bonds is 3. The van der Waals surface area contributed by atoms with Crippen molar-refractivity contribution in [2.75, 3.05) is 6.54 Å². The molecule has 0 radical (unpaired) electrons. The van der Waals surface area contributed by atoms with Crippen LogP contribution in [0.1, 0.15) is 54.2 Å². The molecule has 0 spiro atoms. The number of carbonyl (C=O) groups excluding carboxylic acids is 1. The summed E-state index contributed by atoms with van der Waals surface area (Å²) in [7, 11) is 0. The molecule has 1 aliphatic rings. The van der Waals surface area contributed by atoms with Gasteiger partial charge >= 0.3 is 0 Å². The first-order chi connectivity index (χ1) is 11.8. The van der Waals surface area contributed by atoms with Gasteiger partial charge in [0.2, 0.25) is 0 Å². The highest BCUT2D eigenvalue weighted by molar-refractivity contribution is 5.92. The first-order valence-corrected chi connectivity index (χ1v) is 8.33. The van der Waals surface area contributed by atoms with Crippen molar-refractivity contribution in [1.29, 1.82) is 0 Å². The van der Waals surface area contributed by atoms with Crippen molar-refractivity contribution >= 4 is 11.6 Å². The van der Waals surface area contributed by atoms with Gasteiger partial charge in [0, 0.05) is 31.3 Å². The summed E-state index contributed by atoms with van der Waals surface area (Å²) in [5.41, 5.74) is 2.07. The number of likely N-dealkylation sites (tertiary alicyclic amines) is 1. The van der Waals surface area contributed by atoms with Crippen molar-refractivity contribution in [2.24, 2.45) is 0 Å². The first kappa shape index (κ1) is 14.9. The second-order valence-corrected chi connectivity index (χ2v) is 6.03. The van der Waals surface area contributed by atoms with Gasteiger partial charge in [-0.15, -0.1) is 0 Å². The van der Waals surface area contributed by atoms with E-state index in [1.807, 2.05) is 30.2 Å². The fourth-order valence-electron chi connectivity index (χ4n) is 3.22. The zero-order valence-electron chi connectivity index (χ0n) is 13.6. The molecular formula is C17H19N5O2. The van der Waals surface area contributed by atoms with Gasteiger partial charge in [-0.05, 0) is 25.3 Å². The van der Waals surface area contributed by atoms with Gasteiger partial charge in [-0.1, -0.05) is 12.1 Å². The summed E-state index contributed by atoms with van der Waals surface area (Å²) in [6.45, 7) is 2.69. The van der Waals surface area contributed by atoms with Gasteiger partial charge in [-0.2, -0.15) is 5.10 Å². The molecule has 1 amide bonds. The van der Waals surface area contributed by atoms with E-state index < -0.39 is 0 Å². The Bertz CT molecular complexity index is 869. The number of hydrogen-bond donors (Lipinski definition) is 0. The molecule has 0 aromatic carbocycles. The van der Waals surface area contributed by atoms with E-state index in [4.69, 9.17) is 4.52 Å². The Morgan fingerprint density at radius 3 is 3.12 bits per heavy atom. The minimum absolute atomic E-state index is 0.0343. The summed E-state index contributed by atoms with van der Waals surface area (Å²) in [6.07, 6.45) is 7.32. The van der Waals surface area contributed by atoms with Crippen LogP contribution < -0.4 is 0 Å². The van der Waals surface area contributed by atoms with Crippen LogP contribution in [0.15, 0.2) is 35.1 Å². The van der Waals surface area contributed by atoms with Crippen LogP contribution in [0, 0.1) is 0 Å². The van der Waals surface area contributed by atoms with E-state index in [1.165, 1.54) is 0 Å². The highest BCUT2D eigenvalue weighted by Crippen LogP contribution is 2.31. The van der Waals surface area contributed by atoms with E-state index in [2.05, 4.69) is 15.2 Å². The fraction of sp³-hybridized carbons (Fsp3) is 0.412. The second-order valence-electron chi connectivity index (χ2n) is 6.03. The first-order valence-electron chi connectivity index (χ1n) is 8.33. The molecule has 1 saturated heterocycles. The molecular weight excluding hydrogens is 306 g/mol. The lowest BCUT2D eigenvalue weighted by atomic mass is 9.98. The van der Waals surface area contributed by atoms with Crippen molar-refractivity contribution < 1.29 is 9.32 Å². The SMILES string of the molecule is CCc1cc(C(=O)N2CCCC[C@@H]2c2ccn3nccc3n2)no1. The molecule has 0 aliphatic carbocycles. The maximum Gasteiger partial charge on any atom is 0.276 e. The fourth-order valence-corrected chi connectivity index (χ4v) is 3.22. The molecule has 7 nitrogen and oxygen atoms in total. The van der Waals surface area contributed by atoms with Gasteiger partial charge in [0.1, 0.15) is 5.76 Å². The second kappa shape index (κ2) is 6.07. The zero-order valence-corrected chi connectivity index (χ0v) is 13.6. The number of aromatic nitrogens is 4. The third-order valence-corrected chi connectivity index (χ3v) is 4.51. The van der Waals surface area contributed by atoms with Crippen molar-refractivity contribution in [2.45, 2.75) is 38.6 Å². The maximum atomic E-state index is 12.9. The summed E-state index contributed by atoms with van der Waals surface area (Å²) < 4.78 is 6.92. The molecule has 7 heteroatoms. The van der Waals surface area contributed by atoms with Crippen LogP contribution in [0.5, 0.6) is 0 Å². The molecule has 4 heterocycles. The summed E-state index contributed by atoms with van der Waals surface area (Å²) in [4.78, 5) is 19.4. The van der Waals surface area contributed by atoms with Crippen LogP contribution in [-0.4, -0.2) is 37.1 Å². The molecule has 1 atom stereocenters. The average molecular weight is 325 g/mol. The minimum Gasteiger partial charge on any atom is -0.361 e. The lowest BCUT2D eigenvalue weighted by molar-refractivity contribution is 0.0595. The maximum absolute atomic E-state index is 12.9. The van der Waals surface area contributed by atoms with E-state index in [-0.39, 0.29) is 11.9 Å². The van der Waals surface area contributed by atoms with Gasteiger partial charge in [0.25, 0.3) is 5.91 Å². The quantitative estimate of drug-likeness (QED) is 0.740. The number of nitrogens with zero attached hydrogens (tertiary/aromatic N) is 5. The Hall–Kier alpha value is -2.70. The monoisotopic (exact) mass is 325 g/mol. The largest absolute Gasteiger partial charge is 0.361 e. The van der Waals surface area contributed by atoms with Crippen LogP contribution in [0.3, 0.4) is 0 Å². The van der Waals surface area contributed by atoms with Crippen molar-refractivity contribution in [1.82, 2.24) is 24.7 Å². The number of hydrogen-bond acceptors (Lipinski definition) is 5. The van der Waals surface area contributed by atoms with E-state index in [9.17, 15) is 4.79 Å². The van der Waals surface area contributed by atoms with Crippen molar-refractivity contribution in [3.05, 3.63) is 47.7 Å². The van der Waals surface area contributed by atoms with Gasteiger partial charge in [0.15, 0.2) is 11.3 Å². The predicted molar refractivity (Wildman–Crippen MR) is 86.5 cm³/mol. The van der Waals surface area contributed by atoms with E-state index >= 15 is 0 Å². The molecule has 3 aromatic rings. The number of fused-ring (bicyclic) bond motifs is 1. The standard InChI is InChI=1S/C17H19N5O2/c1-2-12-11-14(20-24-12)17(23)21-9-4-3-5-15(21)13-7-10-22-16(19-13)6-8-18-22/h6-8,10-11,15H,2-5,9H2,1H3/t15-/m1/s1. The third kappa shape index (κ3) is 2.55. The minimum atomic E-state index is -0.0849. The molecule has 124 valence electrons. The Balaban J connectivity index is 1.65. The molecule has 0 saturated carbocycles. The summed E-state index contributed by atoms with van der Waals surface area (Å²) in [5, 5.41) is 8.10. The number of aryl methyl sites for hydroxylation is 1. The van der Waals surface area contributed by atoms with Crippen molar-refractivity contribution in [3.8, 4) is 0 Å². The van der Waals surface area contributed by atoms with Crippen LogP contribution in [0.4, 0.5) is 0 Å². The van der Waals surface area contributed by atoms with E-state index in [1.54, 1.807) is 16.8 Å². The lowest BCUT2D eigenvalue weighted by Crippen LogP contribution is -2.39. The van der Waals surface area contributed by atoms with Gasteiger partial charge in [-0.3, -0.25) is 4.79 Å². The molecule has 1 fully saturated rings. The Morgan fingerprint density at radius 1 is 1.38 bits per heavy atom. The Kier molecular flexibility index (Phi) is 3.76. The molecule has 24 heavy (non-hydrogen) atoms. The molecule has 3 aromatic heterocycles. The third-order valence-electron chi connectivity index (χ3n) is 4.51. The topological polar surface area (TPSA) is 76.5 Å². The highest BCUT2D eigenvalue weighted by atomic mass is 16.5. The normalized spacial score (nSPS) is 18.2. The number of carbonyl (C=O) groups is 1. The van der Waals surface area contributed by atoms with E-state index in [0.29, 0.717) is 12.2 Å². The number of amides is 1. The van der Waals surface area contributed by atoms with Gasteiger partial charge in [0.05, 0.1) is 17.9 Å². The summed E-state index contributed by atoms with van der Waals surface area (Å²) in [5.74, 6) is 0.643. The number of piperidine rings is 1. The average Bonchev–Trinajstić information content (AvgIpc) is 3.29. The molecule has 1 aliphatic heterocycles. The lowest BCUT2D eigenvalue weighted by Gasteiger charge is -2.34. The Morgan fingerprint density at radius 2 is 2.29 bits per heavy atom. The van der Waals surface area contributed by atoms with Crippen LogP contribution in [0.25, 0.3) is 5.65 Å². The van der Waals surface area contributed by atoms with E-state index in [0.717, 1.165) is 42.8 Å². The molecule has 0 unspecified atom stereocenters. The smallest absolute Gasteiger partial charge is 0.276 e. The molecule has 0 N–H and O–H groups in total. The van der Waals surface area contributed by atoms with Crippen molar-refractivity contribution in [3.63, 3.8) is 0 Å². The van der Waals surface area contributed by atoms with Crippen LogP contribution >= 0.6 is 0 Å². The van der Waals surface area contributed by atoms with Gasteiger partial charge < -0.3 is 9.42 Å². The van der Waals surface area contributed by atoms with Gasteiger partial charge in [-0.25, -0.2) is 9.50 Å². The molecule has 4 rings (SSSR count). The molecule has 0 bridgehead atoms. The summed E-state index contributed by atoms with van der Waals surface area (Å²) >= 11 is 0. The summed E-state index contributed by atoms with van der Waals surface area (Å²) in [6, 6.07) is 5.51.